The van der Waals surface area contributed by atoms with Gasteiger partial charge in [0.05, 0.1) is 7.11 Å². The fourth-order valence-corrected chi connectivity index (χ4v) is 3.29. The number of nitrogens with two attached hydrogens (primary N) is 1. The zero-order valence-electron chi connectivity index (χ0n) is 13.6. The lowest BCUT2D eigenvalue weighted by atomic mass is 9.74. The van der Waals surface area contributed by atoms with Crippen LogP contribution in [-0.4, -0.2) is 37.3 Å². The molecular formula is C17H23F2NO4. The number of ether oxygens (including phenoxy) is 2. The van der Waals surface area contributed by atoms with Crippen LogP contribution in [0, 0.1) is 5.92 Å². The lowest BCUT2D eigenvalue weighted by molar-refractivity contribution is -0.138. The molecule has 0 spiro atoms. The molecule has 0 aromatic heterocycles. The van der Waals surface area contributed by atoms with Gasteiger partial charge in [0.1, 0.15) is 6.61 Å². The van der Waals surface area contributed by atoms with Crippen LogP contribution < -0.4 is 15.2 Å². The predicted octanol–water partition coefficient (Wildman–Crippen LogP) is 3.02. The van der Waals surface area contributed by atoms with Gasteiger partial charge < -0.3 is 20.3 Å². The van der Waals surface area contributed by atoms with E-state index in [0.717, 1.165) is 18.4 Å². The largest absolute Gasteiger partial charge is 0.493 e. The number of halogens is 2. The van der Waals surface area contributed by atoms with Crippen molar-refractivity contribution >= 4 is 5.97 Å². The van der Waals surface area contributed by atoms with Gasteiger partial charge in [0.2, 0.25) is 0 Å². The lowest BCUT2D eigenvalue weighted by Gasteiger charge is -2.34. The van der Waals surface area contributed by atoms with Crippen molar-refractivity contribution in [1.29, 1.82) is 0 Å². The molecule has 0 amide bonds. The number of carbonyl (C=O) groups is 1. The molecule has 1 aromatic carbocycles. The monoisotopic (exact) mass is 343 g/mol. The van der Waals surface area contributed by atoms with Crippen molar-refractivity contribution in [2.24, 2.45) is 11.7 Å². The van der Waals surface area contributed by atoms with Crippen molar-refractivity contribution < 1.29 is 28.2 Å². The normalized spacial score (nSPS) is 24.0. The lowest BCUT2D eigenvalue weighted by Crippen LogP contribution is -2.35. The second kappa shape index (κ2) is 8.28. The first-order valence-corrected chi connectivity index (χ1v) is 7.97. The Labute approximate surface area is 139 Å². The van der Waals surface area contributed by atoms with Crippen LogP contribution in [0.2, 0.25) is 0 Å². The molecule has 1 fully saturated rings. The molecule has 0 saturated heterocycles. The molecule has 1 aromatic rings. The van der Waals surface area contributed by atoms with E-state index < -0.39 is 19.0 Å². The maximum atomic E-state index is 12.4. The third kappa shape index (κ3) is 4.80. The third-order valence-electron chi connectivity index (χ3n) is 4.46. The van der Waals surface area contributed by atoms with Crippen molar-refractivity contribution in [2.45, 2.75) is 44.1 Å². The molecule has 5 nitrogen and oxygen atoms in total. The number of benzene rings is 1. The number of rotatable bonds is 7. The maximum Gasteiger partial charge on any atom is 0.303 e. The van der Waals surface area contributed by atoms with E-state index in [0.29, 0.717) is 12.2 Å². The second-order valence-corrected chi connectivity index (χ2v) is 6.16. The predicted molar refractivity (Wildman–Crippen MR) is 84.8 cm³/mol. The number of alkyl halides is 2. The Bertz CT molecular complexity index is 568. The van der Waals surface area contributed by atoms with E-state index in [2.05, 4.69) is 0 Å². The van der Waals surface area contributed by atoms with E-state index in [1.54, 1.807) is 12.1 Å². The van der Waals surface area contributed by atoms with Crippen molar-refractivity contribution in [1.82, 2.24) is 0 Å². The number of carboxylic acid groups (broad SMARTS) is 1. The number of methoxy groups -OCH3 is 1. The van der Waals surface area contributed by atoms with E-state index in [-0.39, 0.29) is 30.0 Å². The third-order valence-corrected chi connectivity index (χ3v) is 4.46. The van der Waals surface area contributed by atoms with Gasteiger partial charge in [-0.2, -0.15) is 0 Å². The number of hydrogen-bond acceptors (Lipinski definition) is 4. The molecule has 7 heteroatoms. The minimum absolute atomic E-state index is 0.0251. The zero-order chi connectivity index (χ0) is 17.7. The quantitative estimate of drug-likeness (QED) is 0.795. The van der Waals surface area contributed by atoms with Crippen LogP contribution in [0.1, 0.15) is 37.2 Å². The highest BCUT2D eigenvalue weighted by molar-refractivity contribution is 5.67. The summed E-state index contributed by atoms with van der Waals surface area (Å²) < 4.78 is 35.1. The molecule has 0 radical (unpaired) electrons. The summed E-state index contributed by atoms with van der Waals surface area (Å²) in [5.74, 6) is -0.138. The Kier molecular flexibility index (Phi) is 6.36. The second-order valence-electron chi connectivity index (χ2n) is 6.16. The van der Waals surface area contributed by atoms with Crippen LogP contribution in [-0.2, 0) is 4.79 Å². The van der Waals surface area contributed by atoms with E-state index >= 15 is 0 Å². The molecule has 0 bridgehead atoms. The molecule has 0 heterocycles. The van der Waals surface area contributed by atoms with Crippen LogP contribution in [0.25, 0.3) is 0 Å². The SMILES string of the molecule is COc1ccc([C@H]2C[C@H](CC(=O)O)CC[C@H]2N)cc1OCC(F)F. The molecule has 3 N–H and O–H groups in total. The first-order valence-electron chi connectivity index (χ1n) is 7.97. The van der Waals surface area contributed by atoms with Crippen molar-refractivity contribution in [2.75, 3.05) is 13.7 Å². The molecule has 1 aliphatic carbocycles. The van der Waals surface area contributed by atoms with Gasteiger partial charge in [0.25, 0.3) is 6.43 Å². The average molecular weight is 343 g/mol. The summed E-state index contributed by atoms with van der Waals surface area (Å²) in [6.07, 6.45) is -0.269. The van der Waals surface area contributed by atoms with Crippen LogP contribution >= 0.6 is 0 Å². The van der Waals surface area contributed by atoms with E-state index in [4.69, 9.17) is 20.3 Å². The fraction of sp³-hybridized carbons (Fsp3) is 0.588. The molecule has 134 valence electrons. The van der Waals surface area contributed by atoms with E-state index in [1.165, 1.54) is 7.11 Å². The summed E-state index contributed by atoms with van der Waals surface area (Å²) in [4.78, 5) is 10.9. The molecule has 1 aliphatic rings. The van der Waals surface area contributed by atoms with Gasteiger partial charge >= 0.3 is 5.97 Å². The summed E-state index contributed by atoms with van der Waals surface area (Å²) in [5.41, 5.74) is 7.07. The van der Waals surface area contributed by atoms with Gasteiger partial charge in [-0.3, -0.25) is 4.79 Å². The molecule has 2 rings (SSSR count). The Hall–Kier alpha value is -1.89. The highest BCUT2D eigenvalue weighted by Crippen LogP contribution is 2.40. The molecule has 1 saturated carbocycles. The topological polar surface area (TPSA) is 81.8 Å². The van der Waals surface area contributed by atoms with Gasteiger partial charge in [-0.05, 0) is 48.8 Å². The Morgan fingerprint density at radius 2 is 2.12 bits per heavy atom. The molecule has 3 atom stereocenters. The first kappa shape index (κ1) is 18.4. The molecular weight excluding hydrogens is 320 g/mol. The van der Waals surface area contributed by atoms with Gasteiger partial charge in [0, 0.05) is 12.5 Å². The number of hydrogen-bond donors (Lipinski definition) is 2. The van der Waals surface area contributed by atoms with Gasteiger partial charge in [-0.15, -0.1) is 0 Å². The van der Waals surface area contributed by atoms with E-state index in [9.17, 15) is 13.6 Å². The van der Waals surface area contributed by atoms with Crippen LogP contribution in [0.5, 0.6) is 11.5 Å². The van der Waals surface area contributed by atoms with Gasteiger partial charge in [0.15, 0.2) is 11.5 Å². The maximum absolute atomic E-state index is 12.4. The summed E-state index contributed by atoms with van der Waals surface area (Å²) in [6, 6.07) is 5.09. The molecule has 24 heavy (non-hydrogen) atoms. The van der Waals surface area contributed by atoms with Crippen LogP contribution in [0.15, 0.2) is 18.2 Å². The Morgan fingerprint density at radius 1 is 1.38 bits per heavy atom. The number of aliphatic carboxylic acids is 1. The first-order chi connectivity index (χ1) is 11.4. The molecule has 0 unspecified atom stereocenters. The van der Waals surface area contributed by atoms with Crippen molar-refractivity contribution in [3.05, 3.63) is 23.8 Å². The van der Waals surface area contributed by atoms with Crippen LogP contribution in [0.3, 0.4) is 0 Å². The van der Waals surface area contributed by atoms with E-state index in [1.807, 2.05) is 6.07 Å². The van der Waals surface area contributed by atoms with Gasteiger partial charge in [-0.25, -0.2) is 8.78 Å². The number of carboxylic acids is 1. The Morgan fingerprint density at radius 3 is 2.75 bits per heavy atom. The Balaban J connectivity index is 2.19. The highest BCUT2D eigenvalue weighted by atomic mass is 19.3. The standard InChI is InChI=1S/C17H23F2NO4/c1-23-14-5-3-11(8-15(14)24-9-16(18)19)12-6-10(7-17(21)22)2-4-13(12)20/h3,5,8,10,12-13,16H,2,4,6-7,9,20H2,1H3,(H,21,22)/t10-,12-,13-/m1/s1. The fourth-order valence-electron chi connectivity index (χ4n) is 3.29. The summed E-state index contributed by atoms with van der Waals surface area (Å²) in [7, 11) is 1.44. The summed E-state index contributed by atoms with van der Waals surface area (Å²) in [6.45, 7) is -0.710. The summed E-state index contributed by atoms with van der Waals surface area (Å²) >= 11 is 0. The zero-order valence-corrected chi connectivity index (χ0v) is 13.6. The molecule has 0 aliphatic heterocycles. The average Bonchev–Trinajstić information content (AvgIpc) is 2.54. The van der Waals surface area contributed by atoms with Gasteiger partial charge in [-0.1, -0.05) is 6.07 Å². The minimum atomic E-state index is -2.57. The van der Waals surface area contributed by atoms with Crippen molar-refractivity contribution in [3.8, 4) is 11.5 Å². The summed E-state index contributed by atoms with van der Waals surface area (Å²) in [5, 5.41) is 8.98. The smallest absolute Gasteiger partial charge is 0.303 e. The van der Waals surface area contributed by atoms with Crippen molar-refractivity contribution in [3.63, 3.8) is 0 Å². The minimum Gasteiger partial charge on any atom is -0.493 e. The highest BCUT2D eigenvalue weighted by Gasteiger charge is 2.31. The van der Waals surface area contributed by atoms with Crippen LogP contribution in [0.4, 0.5) is 8.78 Å².